The highest BCUT2D eigenvalue weighted by Gasteiger charge is 2.03. The molecule has 0 aromatic rings. The minimum atomic E-state index is -0.225. The van der Waals surface area contributed by atoms with Crippen LogP contribution < -0.4 is 9.44 Å². The van der Waals surface area contributed by atoms with Crippen molar-refractivity contribution in [1.29, 1.82) is 0 Å². The first kappa shape index (κ1) is 15.7. The monoisotopic (exact) mass is 344 g/mol. The van der Waals surface area contributed by atoms with Crippen molar-refractivity contribution in [3.8, 4) is 0 Å². The molecule has 14 heavy (non-hydrogen) atoms. The second-order valence-corrected chi connectivity index (χ2v) is 10.8. The number of nitrogens with one attached hydrogen (secondary N) is 2. The number of rotatable bonds is 5. The van der Waals surface area contributed by atoms with Gasteiger partial charge in [0.05, 0.1) is 0 Å². The Morgan fingerprint density at radius 1 is 0.786 bits per heavy atom. The predicted octanol–water partition coefficient (Wildman–Crippen LogP) is 4.07. The van der Waals surface area contributed by atoms with Crippen molar-refractivity contribution in [2.24, 2.45) is 0 Å². The second-order valence-electron chi connectivity index (χ2n) is 1.24. The molecular weight excluding hydrogens is 341 g/mol. The summed E-state index contributed by atoms with van der Waals surface area (Å²) in [6.45, 7) is 0. The highest BCUT2D eigenvalue weighted by Crippen LogP contribution is 2.52. The fraction of sp³-hybridized carbons (Fsp3) is 0. The van der Waals surface area contributed by atoms with Gasteiger partial charge in [-0.3, -0.25) is 19.0 Å². The van der Waals surface area contributed by atoms with Crippen LogP contribution in [0, 0.1) is 0 Å². The third kappa shape index (κ3) is 10.3. The molecule has 0 unspecified atom stereocenters. The lowest BCUT2D eigenvalue weighted by atomic mass is 11.5. The molecule has 0 bridgehead atoms. The molecular formula is C2H4N2O2S8. The van der Waals surface area contributed by atoms with Crippen LogP contribution in [0.4, 0.5) is 9.59 Å². The van der Waals surface area contributed by atoms with Crippen molar-refractivity contribution in [2.75, 3.05) is 0 Å². The summed E-state index contributed by atoms with van der Waals surface area (Å²) in [7, 11) is 7.44. The average molecular weight is 345 g/mol. The molecule has 0 spiro atoms. The van der Waals surface area contributed by atoms with Gasteiger partial charge in [0.2, 0.25) is 0 Å². The molecule has 0 aliphatic heterocycles. The zero-order chi connectivity index (χ0) is 10.8. The second kappa shape index (κ2) is 11.2. The molecule has 0 aliphatic rings. The highest BCUT2D eigenvalue weighted by molar-refractivity contribution is 9.43. The molecule has 0 aliphatic carbocycles. The van der Waals surface area contributed by atoms with Gasteiger partial charge in [0, 0.05) is 21.6 Å². The van der Waals surface area contributed by atoms with E-state index in [1.165, 1.54) is 39.3 Å². The molecule has 0 saturated carbocycles. The fourth-order valence-corrected chi connectivity index (χ4v) is 10.4. The van der Waals surface area contributed by atoms with Crippen LogP contribution in [-0.4, -0.2) is 10.5 Å². The van der Waals surface area contributed by atoms with Gasteiger partial charge < -0.3 is 0 Å². The zero-order valence-corrected chi connectivity index (χ0v) is 12.8. The molecule has 0 heterocycles. The van der Waals surface area contributed by atoms with Gasteiger partial charge in [-0.2, -0.15) is 0 Å². The number of carbonyl (C=O) groups is 2. The lowest BCUT2D eigenvalue weighted by molar-refractivity contribution is 0.265. The molecule has 2 amide bonds. The Morgan fingerprint density at radius 2 is 1.14 bits per heavy atom. The van der Waals surface area contributed by atoms with Crippen molar-refractivity contribution in [3.63, 3.8) is 0 Å². The Kier molecular flexibility index (Phi) is 12.6. The minimum absolute atomic E-state index is 0.225. The first-order valence-corrected chi connectivity index (χ1v) is 11.0. The van der Waals surface area contributed by atoms with Crippen LogP contribution in [0.25, 0.3) is 0 Å². The van der Waals surface area contributed by atoms with E-state index < -0.39 is 0 Å². The Bertz CT molecular complexity index is 168. The van der Waals surface area contributed by atoms with Gasteiger partial charge in [0.25, 0.3) is 10.5 Å². The molecule has 0 rings (SSSR count). The normalized spacial score (nSPS) is 9.57. The quantitative estimate of drug-likeness (QED) is 0.338. The van der Waals surface area contributed by atoms with E-state index >= 15 is 0 Å². The van der Waals surface area contributed by atoms with E-state index in [0.29, 0.717) is 0 Å². The van der Waals surface area contributed by atoms with Gasteiger partial charge in [0.15, 0.2) is 0 Å². The number of carbonyl (C=O) groups excluding carboxylic acids is 2. The first-order valence-electron chi connectivity index (χ1n) is 2.60. The maximum absolute atomic E-state index is 10.6. The zero-order valence-electron chi connectivity index (χ0n) is 6.16. The lowest BCUT2D eigenvalue weighted by Crippen LogP contribution is -2.01. The largest absolute Gasteiger partial charge is 0.300 e. The van der Waals surface area contributed by atoms with Crippen LogP contribution in [0.5, 0.6) is 0 Å². The number of amides is 2. The SMILES string of the molecule is O=C(NS)SSSSSSC(=O)NS. The topological polar surface area (TPSA) is 58.2 Å². The predicted molar refractivity (Wildman–Crippen MR) is 80.6 cm³/mol. The molecule has 82 valence electrons. The maximum atomic E-state index is 10.6. The summed E-state index contributed by atoms with van der Waals surface area (Å²) in [5.41, 5.74) is 0. The van der Waals surface area contributed by atoms with Gasteiger partial charge in [-0.25, -0.2) is 0 Å². The van der Waals surface area contributed by atoms with E-state index in [2.05, 4.69) is 35.1 Å². The summed E-state index contributed by atoms with van der Waals surface area (Å²) in [5.74, 6) is 0. The van der Waals surface area contributed by atoms with Crippen LogP contribution in [0.1, 0.15) is 0 Å². The Hall–Kier alpha value is 1.74. The summed E-state index contributed by atoms with van der Waals surface area (Å²) in [5, 5.41) is -0.450. The van der Waals surface area contributed by atoms with Gasteiger partial charge >= 0.3 is 0 Å². The Morgan fingerprint density at radius 3 is 1.43 bits per heavy atom. The van der Waals surface area contributed by atoms with Gasteiger partial charge in [-0.15, -0.1) is 0 Å². The van der Waals surface area contributed by atoms with Crippen molar-refractivity contribution >= 4 is 97.0 Å². The molecule has 0 fully saturated rings. The maximum Gasteiger partial charge on any atom is 0.300 e. The minimum Gasteiger partial charge on any atom is -0.293 e. The van der Waals surface area contributed by atoms with E-state index in [9.17, 15) is 9.59 Å². The van der Waals surface area contributed by atoms with Crippen molar-refractivity contribution < 1.29 is 9.59 Å². The van der Waals surface area contributed by atoms with Gasteiger partial charge in [0.1, 0.15) is 0 Å². The molecule has 0 saturated heterocycles. The third-order valence-corrected chi connectivity index (χ3v) is 11.0. The standard InChI is InChI=1S/C2H4N2O2S8/c5-1(3-7)9-11-13-14-12-10-2(6)4-8/h7-8H,(H,3,5)(H,4,6). The van der Waals surface area contributed by atoms with E-state index in [1.54, 1.807) is 0 Å². The van der Waals surface area contributed by atoms with Crippen molar-refractivity contribution in [3.05, 3.63) is 0 Å². The molecule has 0 radical (unpaired) electrons. The Balaban J connectivity index is 3.14. The van der Waals surface area contributed by atoms with Gasteiger partial charge in [-0.1, -0.05) is 25.6 Å². The third-order valence-electron chi connectivity index (χ3n) is 0.485. The number of hydrogen-bond acceptors (Lipinski definition) is 10. The fourth-order valence-electron chi connectivity index (χ4n) is 0.150. The van der Waals surface area contributed by atoms with E-state index in [1.807, 2.05) is 0 Å². The van der Waals surface area contributed by atoms with E-state index in [4.69, 9.17) is 0 Å². The van der Waals surface area contributed by atoms with Crippen LogP contribution in [0.2, 0.25) is 0 Å². The van der Waals surface area contributed by atoms with Crippen LogP contribution >= 0.6 is 86.5 Å². The molecule has 0 aromatic carbocycles. The smallest absolute Gasteiger partial charge is 0.293 e. The number of thiol groups is 2. The molecule has 4 nitrogen and oxygen atoms in total. The van der Waals surface area contributed by atoms with Crippen molar-refractivity contribution in [2.45, 2.75) is 0 Å². The van der Waals surface area contributed by atoms with Crippen molar-refractivity contribution in [1.82, 2.24) is 9.44 Å². The average Bonchev–Trinajstić information content (AvgIpc) is 2.22. The summed E-state index contributed by atoms with van der Waals surface area (Å²) < 4.78 is 4.34. The summed E-state index contributed by atoms with van der Waals surface area (Å²) >= 11 is 7.16. The molecule has 2 N–H and O–H groups in total. The highest BCUT2D eigenvalue weighted by atomic mass is 33.9. The van der Waals surface area contributed by atoms with Crippen LogP contribution in [0.15, 0.2) is 0 Å². The number of hydrogen-bond donors (Lipinski definition) is 4. The summed E-state index contributed by atoms with van der Waals surface area (Å²) in [4.78, 5) is 21.3. The molecule has 0 atom stereocenters. The van der Waals surface area contributed by atoms with E-state index in [-0.39, 0.29) is 10.5 Å². The lowest BCUT2D eigenvalue weighted by Gasteiger charge is -1.97. The van der Waals surface area contributed by atoms with Gasteiger partial charge in [-0.05, 0) is 39.3 Å². The molecule has 12 heteroatoms. The van der Waals surface area contributed by atoms with E-state index in [0.717, 1.165) is 21.6 Å². The van der Waals surface area contributed by atoms with Crippen LogP contribution in [-0.2, 0) is 0 Å². The first-order chi connectivity index (χ1) is 6.70. The summed E-state index contributed by atoms with van der Waals surface area (Å²) in [6, 6.07) is 0. The van der Waals surface area contributed by atoms with Crippen LogP contribution in [0.3, 0.4) is 0 Å². The summed E-state index contributed by atoms with van der Waals surface area (Å²) in [6.07, 6.45) is 0. The Labute approximate surface area is 115 Å². The molecule has 0 aromatic heterocycles.